The van der Waals surface area contributed by atoms with Crippen molar-refractivity contribution in [1.29, 1.82) is 0 Å². The van der Waals surface area contributed by atoms with Crippen molar-refractivity contribution in [2.24, 2.45) is 0 Å². The molecular formula is C53H33N5O. The average molecular weight is 756 g/mol. The molecule has 4 heterocycles. The normalized spacial score (nSPS) is 11.4. The van der Waals surface area contributed by atoms with Crippen LogP contribution in [0.3, 0.4) is 0 Å². The Morgan fingerprint density at radius 3 is 1.49 bits per heavy atom. The quantitative estimate of drug-likeness (QED) is 0.161. The van der Waals surface area contributed by atoms with E-state index in [1.165, 1.54) is 5.56 Å². The highest BCUT2D eigenvalue weighted by molar-refractivity contribution is 6.07. The Bertz CT molecular complexity index is 3290. The maximum absolute atomic E-state index is 6.48. The van der Waals surface area contributed by atoms with Crippen LogP contribution >= 0.6 is 0 Å². The van der Waals surface area contributed by atoms with Gasteiger partial charge in [-0.1, -0.05) is 176 Å². The third-order valence-electron chi connectivity index (χ3n) is 10.8. The molecule has 0 radical (unpaired) electrons. The van der Waals surface area contributed by atoms with Crippen molar-refractivity contribution in [3.05, 3.63) is 200 Å². The van der Waals surface area contributed by atoms with Gasteiger partial charge in [-0.25, -0.2) is 24.9 Å². The summed E-state index contributed by atoms with van der Waals surface area (Å²) in [5.41, 5.74) is 13.3. The minimum atomic E-state index is 0.520. The first-order valence-corrected chi connectivity index (χ1v) is 19.6. The fourth-order valence-corrected chi connectivity index (χ4v) is 7.69. The molecule has 0 aliphatic heterocycles. The van der Waals surface area contributed by atoms with Crippen LogP contribution in [0.25, 0.3) is 112 Å². The molecule has 4 aromatic heterocycles. The smallest absolute Gasteiger partial charge is 0.229 e. The van der Waals surface area contributed by atoms with E-state index >= 15 is 0 Å². The zero-order chi connectivity index (χ0) is 39.1. The summed E-state index contributed by atoms with van der Waals surface area (Å²) in [7, 11) is 0. The fourth-order valence-electron chi connectivity index (χ4n) is 7.69. The van der Waals surface area contributed by atoms with Crippen LogP contribution in [0, 0.1) is 0 Å². The molecule has 11 aromatic rings. The van der Waals surface area contributed by atoms with Crippen molar-refractivity contribution in [2.45, 2.75) is 0 Å². The maximum Gasteiger partial charge on any atom is 0.229 e. The van der Waals surface area contributed by atoms with E-state index in [4.69, 9.17) is 29.3 Å². The fraction of sp³-hybridized carbons (Fsp3) is 0. The molecule has 59 heavy (non-hydrogen) atoms. The molecule has 0 aliphatic carbocycles. The summed E-state index contributed by atoms with van der Waals surface area (Å²) in [5, 5.41) is 3.11. The van der Waals surface area contributed by atoms with Gasteiger partial charge in [0.25, 0.3) is 0 Å². The number of pyridine rings is 1. The van der Waals surface area contributed by atoms with E-state index in [2.05, 4.69) is 140 Å². The molecule has 11 rings (SSSR count). The predicted octanol–water partition coefficient (Wildman–Crippen LogP) is 13.4. The highest BCUT2D eigenvalue weighted by atomic mass is 16.3. The van der Waals surface area contributed by atoms with Crippen LogP contribution in [-0.4, -0.2) is 24.9 Å². The Labute approximate surface area is 340 Å². The summed E-state index contributed by atoms with van der Waals surface area (Å²) in [6, 6.07) is 66.5. The minimum Gasteiger partial charge on any atom is -0.434 e. The van der Waals surface area contributed by atoms with Gasteiger partial charge in [-0.05, 0) is 45.7 Å². The first-order chi connectivity index (χ1) is 29.2. The van der Waals surface area contributed by atoms with Crippen molar-refractivity contribution in [3.63, 3.8) is 0 Å². The molecule has 0 saturated heterocycles. The maximum atomic E-state index is 6.48. The van der Waals surface area contributed by atoms with Gasteiger partial charge in [0.1, 0.15) is 11.2 Å². The van der Waals surface area contributed by atoms with E-state index in [1.807, 2.05) is 60.8 Å². The molecule has 0 atom stereocenters. The van der Waals surface area contributed by atoms with E-state index < -0.39 is 0 Å². The van der Waals surface area contributed by atoms with Gasteiger partial charge in [0.05, 0.1) is 16.8 Å². The van der Waals surface area contributed by atoms with Crippen molar-refractivity contribution in [1.82, 2.24) is 24.9 Å². The number of fused-ring (bicyclic) bond motifs is 4. The summed E-state index contributed by atoms with van der Waals surface area (Å²) >= 11 is 0. The number of aromatic nitrogens is 5. The Kier molecular flexibility index (Phi) is 8.37. The first-order valence-electron chi connectivity index (χ1n) is 19.6. The van der Waals surface area contributed by atoms with Crippen LogP contribution in [-0.2, 0) is 0 Å². The molecule has 0 aliphatic rings. The summed E-state index contributed by atoms with van der Waals surface area (Å²) in [5.74, 6) is 1.25. The van der Waals surface area contributed by atoms with Gasteiger partial charge < -0.3 is 4.42 Å². The molecule has 6 heteroatoms. The molecule has 0 unspecified atom stereocenters. The highest BCUT2D eigenvalue weighted by Crippen LogP contribution is 2.38. The number of furan rings is 1. The number of rotatable bonds is 7. The van der Waals surface area contributed by atoms with Crippen molar-refractivity contribution in [2.75, 3.05) is 0 Å². The van der Waals surface area contributed by atoms with Crippen LogP contribution in [0.5, 0.6) is 0 Å². The van der Waals surface area contributed by atoms with Crippen LogP contribution in [0.4, 0.5) is 0 Å². The molecule has 0 N–H and O–H groups in total. The Morgan fingerprint density at radius 2 is 0.831 bits per heavy atom. The van der Waals surface area contributed by atoms with Gasteiger partial charge in [-0.3, -0.25) is 0 Å². The third kappa shape index (κ3) is 6.49. The lowest BCUT2D eigenvalue weighted by Gasteiger charge is -2.11. The molecule has 0 spiro atoms. The average Bonchev–Trinajstić information content (AvgIpc) is 3.70. The van der Waals surface area contributed by atoms with Crippen LogP contribution < -0.4 is 0 Å². The largest absolute Gasteiger partial charge is 0.434 e. The molecule has 276 valence electrons. The van der Waals surface area contributed by atoms with Crippen molar-refractivity contribution >= 4 is 33.0 Å². The van der Waals surface area contributed by atoms with Crippen LogP contribution in [0.15, 0.2) is 205 Å². The lowest BCUT2D eigenvalue weighted by atomic mass is 10.0. The van der Waals surface area contributed by atoms with Gasteiger partial charge >= 0.3 is 0 Å². The van der Waals surface area contributed by atoms with E-state index in [1.54, 1.807) is 0 Å². The topological polar surface area (TPSA) is 77.6 Å². The Morgan fingerprint density at radius 1 is 0.339 bits per heavy atom. The lowest BCUT2D eigenvalue weighted by molar-refractivity contribution is 0.653. The molecule has 0 amide bonds. The van der Waals surface area contributed by atoms with Crippen LogP contribution in [0.2, 0.25) is 0 Å². The minimum absolute atomic E-state index is 0.520. The molecule has 0 fully saturated rings. The summed E-state index contributed by atoms with van der Waals surface area (Å²) in [6.07, 6.45) is 1.85. The molecule has 0 bridgehead atoms. The second-order valence-corrected chi connectivity index (χ2v) is 14.5. The van der Waals surface area contributed by atoms with Crippen LogP contribution in [0.1, 0.15) is 0 Å². The summed E-state index contributed by atoms with van der Waals surface area (Å²) in [4.78, 5) is 25.3. The second kappa shape index (κ2) is 14.4. The Balaban J connectivity index is 1.03. The highest BCUT2D eigenvalue weighted by Gasteiger charge is 2.20. The lowest BCUT2D eigenvalue weighted by Crippen LogP contribution is -1.96. The molecule has 7 aromatic carbocycles. The predicted molar refractivity (Wildman–Crippen MR) is 238 cm³/mol. The number of hydrogen-bond donors (Lipinski definition) is 0. The number of nitrogens with zero attached hydrogens (tertiary/aromatic N) is 5. The van der Waals surface area contributed by atoms with Gasteiger partial charge in [-0.15, -0.1) is 0 Å². The monoisotopic (exact) mass is 755 g/mol. The van der Waals surface area contributed by atoms with E-state index in [-0.39, 0.29) is 0 Å². The van der Waals surface area contributed by atoms with Gasteiger partial charge in [0, 0.05) is 39.6 Å². The van der Waals surface area contributed by atoms with Gasteiger partial charge in [0.15, 0.2) is 17.2 Å². The Hall–Kier alpha value is -8.09. The first kappa shape index (κ1) is 34.2. The van der Waals surface area contributed by atoms with Crippen molar-refractivity contribution in [3.8, 4) is 78.8 Å². The van der Waals surface area contributed by atoms with Gasteiger partial charge in [-0.2, -0.15) is 0 Å². The molecule has 0 saturated carbocycles. The number of benzene rings is 7. The van der Waals surface area contributed by atoms with Crippen molar-refractivity contribution < 1.29 is 4.42 Å². The SMILES string of the molecule is c1ccc(-c2ccc(-c3cc(-c4ccc(-c5nc(-c6ccc7ccccc7c6)c6oc7ncc(-c8ccccc8)cc7c6n5)cc4)nc(-c4ccccc4)n3)cc2)cc1. The second-order valence-electron chi connectivity index (χ2n) is 14.5. The zero-order valence-electron chi connectivity index (χ0n) is 31.7. The molecule has 6 nitrogen and oxygen atoms in total. The standard InChI is InChI=1S/C53H33N5O/c1-4-12-34(13-5-1)37-20-23-38(24-21-37)46-32-47(56-51(55-46)40-17-8-3-9-18-40)39-25-27-41(28-26-39)52-57-48(43-29-22-36-16-10-11-19-42(36)30-43)50-49(58-52)45-31-44(33-54-53(45)59-50)35-14-6-2-7-15-35/h1-33H. The molecular weight excluding hydrogens is 723 g/mol. The van der Waals surface area contributed by atoms with Gasteiger partial charge in [0.2, 0.25) is 5.71 Å². The third-order valence-corrected chi connectivity index (χ3v) is 10.8. The number of hydrogen-bond acceptors (Lipinski definition) is 6. The van der Waals surface area contributed by atoms with E-state index in [0.717, 1.165) is 72.1 Å². The summed E-state index contributed by atoms with van der Waals surface area (Å²) < 4.78 is 6.48. The van der Waals surface area contributed by atoms with E-state index in [9.17, 15) is 0 Å². The van der Waals surface area contributed by atoms with E-state index in [0.29, 0.717) is 34.2 Å². The summed E-state index contributed by atoms with van der Waals surface area (Å²) in [6.45, 7) is 0. The zero-order valence-corrected chi connectivity index (χ0v) is 31.7.